The van der Waals surface area contributed by atoms with Crippen LogP contribution in [0.1, 0.15) is 0 Å². The van der Waals surface area contributed by atoms with Gasteiger partial charge in [0.1, 0.15) is 0 Å². The van der Waals surface area contributed by atoms with Crippen LogP contribution in [0.15, 0.2) is 0 Å². The third kappa shape index (κ3) is 5.29. The molecule has 3 N–H and O–H groups in total. The molecule has 0 amide bonds. The second-order valence-electron chi connectivity index (χ2n) is 0.639. The minimum Gasteiger partial charge on any atom is -0.477 e. The number of carbonyl (C=O) groups is 1. The van der Waals surface area contributed by atoms with Gasteiger partial charge in [-0.05, 0) is 0 Å². The average Bonchev–Trinajstić information content (AvgIpc) is 1.36. The molecule has 0 unspecified atom stereocenters. The number of carboxylic acids is 1. The summed E-state index contributed by atoms with van der Waals surface area (Å²) in [7, 11) is 0. The SMILES string of the molecule is O.O=C(O)C(F)F. The molecule has 0 saturated heterocycles. The van der Waals surface area contributed by atoms with E-state index in [2.05, 4.69) is 0 Å². The molecule has 0 atom stereocenters. The Balaban J connectivity index is 0. The third-order valence-electron chi connectivity index (χ3n) is 0.187. The Hall–Kier alpha value is -0.710. The van der Waals surface area contributed by atoms with Gasteiger partial charge in [-0.2, -0.15) is 8.78 Å². The van der Waals surface area contributed by atoms with Crippen LogP contribution in [-0.4, -0.2) is 23.0 Å². The van der Waals surface area contributed by atoms with Gasteiger partial charge >= 0.3 is 12.4 Å². The first-order valence-electron chi connectivity index (χ1n) is 1.15. The second-order valence-corrected chi connectivity index (χ2v) is 0.639. The van der Waals surface area contributed by atoms with Crippen molar-refractivity contribution in [2.45, 2.75) is 6.43 Å². The summed E-state index contributed by atoms with van der Waals surface area (Å²) in [6, 6.07) is 0. The van der Waals surface area contributed by atoms with E-state index in [0.717, 1.165) is 0 Å². The number of carboxylic acid groups (broad SMARTS) is 1. The van der Waals surface area contributed by atoms with E-state index in [4.69, 9.17) is 9.90 Å². The summed E-state index contributed by atoms with van der Waals surface area (Å²) in [5.74, 6) is -2.07. The molecule has 0 bridgehead atoms. The van der Waals surface area contributed by atoms with E-state index < -0.39 is 12.4 Å². The summed E-state index contributed by atoms with van der Waals surface area (Å²) < 4.78 is 21.1. The van der Waals surface area contributed by atoms with Crippen LogP contribution in [0.3, 0.4) is 0 Å². The standard InChI is InChI=1S/C2H2F2O2.H2O/c3-1(4)2(5)6;/h1H,(H,5,6);1H2. The van der Waals surface area contributed by atoms with Crippen LogP contribution in [0.4, 0.5) is 8.78 Å². The van der Waals surface area contributed by atoms with Gasteiger partial charge in [-0.1, -0.05) is 0 Å². The molecule has 0 aromatic rings. The molecule has 0 fully saturated rings. The van der Waals surface area contributed by atoms with Crippen molar-refractivity contribution >= 4 is 5.97 Å². The third-order valence-corrected chi connectivity index (χ3v) is 0.187. The van der Waals surface area contributed by atoms with Gasteiger partial charge in [0.05, 0.1) is 0 Å². The van der Waals surface area contributed by atoms with Crippen LogP contribution in [0.2, 0.25) is 0 Å². The fourth-order valence-electron chi connectivity index (χ4n) is 0. The van der Waals surface area contributed by atoms with Gasteiger partial charge in [0, 0.05) is 0 Å². The summed E-state index contributed by atoms with van der Waals surface area (Å²) in [6.45, 7) is 0. The molecule has 0 aromatic carbocycles. The van der Waals surface area contributed by atoms with E-state index in [-0.39, 0.29) is 5.48 Å². The molecule has 0 spiro atoms. The molecule has 0 heterocycles. The number of rotatable bonds is 1. The summed E-state index contributed by atoms with van der Waals surface area (Å²) in [6.07, 6.45) is -3.23. The Morgan fingerprint density at radius 3 is 1.71 bits per heavy atom. The largest absolute Gasteiger partial charge is 0.477 e. The van der Waals surface area contributed by atoms with E-state index >= 15 is 0 Å². The summed E-state index contributed by atoms with van der Waals surface area (Å²) in [5, 5.41) is 7.24. The van der Waals surface area contributed by atoms with Gasteiger partial charge in [-0.25, -0.2) is 4.79 Å². The van der Waals surface area contributed by atoms with E-state index in [1.165, 1.54) is 0 Å². The van der Waals surface area contributed by atoms with Crippen molar-refractivity contribution in [3.05, 3.63) is 0 Å². The van der Waals surface area contributed by atoms with Crippen LogP contribution in [0.5, 0.6) is 0 Å². The Morgan fingerprint density at radius 1 is 1.57 bits per heavy atom. The van der Waals surface area contributed by atoms with Crippen molar-refractivity contribution in [3.63, 3.8) is 0 Å². The number of hydrogen-bond acceptors (Lipinski definition) is 1. The molecule has 0 rings (SSSR count). The molecule has 0 aliphatic rings. The van der Waals surface area contributed by atoms with Crippen molar-refractivity contribution in [1.82, 2.24) is 0 Å². The minimum atomic E-state index is -3.23. The van der Waals surface area contributed by atoms with Crippen LogP contribution in [0.25, 0.3) is 0 Å². The fraction of sp³-hybridized carbons (Fsp3) is 0.500. The van der Waals surface area contributed by atoms with Crippen molar-refractivity contribution in [2.75, 3.05) is 0 Å². The van der Waals surface area contributed by atoms with Crippen molar-refractivity contribution in [2.24, 2.45) is 0 Å². The topological polar surface area (TPSA) is 68.8 Å². The van der Waals surface area contributed by atoms with Gasteiger partial charge in [0.2, 0.25) is 0 Å². The summed E-state index contributed by atoms with van der Waals surface area (Å²) >= 11 is 0. The van der Waals surface area contributed by atoms with Crippen molar-refractivity contribution < 1.29 is 24.2 Å². The fourth-order valence-corrected chi connectivity index (χ4v) is 0. The quantitative estimate of drug-likeness (QED) is 0.499. The first-order chi connectivity index (χ1) is 2.64. The normalized spacial score (nSPS) is 7.86. The lowest BCUT2D eigenvalue weighted by atomic mass is 10.7. The maximum absolute atomic E-state index is 10.6. The Bertz CT molecular complexity index is 62.0. The molecule has 5 heteroatoms. The lowest BCUT2D eigenvalue weighted by molar-refractivity contribution is -0.149. The smallest absolute Gasteiger partial charge is 0.371 e. The highest BCUT2D eigenvalue weighted by atomic mass is 19.3. The molecule has 0 aromatic heterocycles. The first-order valence-corrected chi connectivity index (χ1v) is 1.15. The number of alkyl halides is 2. The zero-order valence-corrected chi connectivity index (χ0v) is 3.19. The lowest BCUT2D eigenvalue weighted by Gasteiger charge is -1.81. The van der Waals surface area contributed by atoms with Crippen LogP contribution in [-0.2, 0) is 4.79 Å². The lowest BCUT2D eigenvalue weighted by Crippen LogP contribution is -2.06. The predicted molar refractivity (Wildman–Crippen MR) is 17.3 cm³/mol. The average molecular weight is 114 g/mol. The van der Waals surface area contributed by atoms with E-state index in [0.29, 0.717) is 0 Å². The molecule has 0 aliphatic carbocycles. The van der Waals surface area contributed by atoms with Crippen LogP contribution < -0.4 is 0 Å². The minimum absolute atomic E-state index is 0. The van der Waals surface area contributed by atoms with E-state index in [9.17, 15) is 8.78 Å². The predicted octanol–water partition coefficient (Wildman–Crippen LogP) is -0.489. The zero-order valence-electron chi connectivity index (χ0n) is 3.19. The molecule has 3 nitrogen and oxygen atoms in total. The van der Waals surface area contributed by atoms with Crippen molar-refractivity contribution in [3.8, 4) is 0 Å². The van der Waals surface area contributed by atoms with Gasteiger partial charge < -0.3 is 10.6 Å². The Labute approximate surface area is 37.9 Å². The van der Waals surface area contributed by atoms with Crippen LogP contribution >= 0.6 is 0 Å². The Morgan fingerprint density at radius 2 is 1.71 bits per heavy atom. The number of aliphatic carboxylic acids is 1. The molecule has 7 heavy (non-hydrogen) atoms. The molecular weight excluding hydrogens is 110 g/mol. The van der Waals surface area contributed by atoms with Gasteiger partial charge in [0.25, 0.3) is 0 Å². The molecule has 0 saturated carbocycles. The van der Waals surface area contributed by atoms with Crippen molar-refractivity contribution in [1.29, 1.82) is 0 Å². The second kappa shape index (κ2) is 3.48. The molecule has 0 aliphatic heterocycles. The highest BCUT2D eigenvalue weighted by Crippen LogP contribution is 1.87. The summed E-state index contributed by atoms with van der Waals surface area (Å²) in [4.78, 5) is 8.95. The van der Waals surface area contributed by atoms with Gasteiger partial charge in [-0.15, -0.1) is 0 Å². The Kier molecular flexibility index (Phi) is 4.75. The highest BCUT2D eigenvalue weighted by molar-refractivity contribution is 5.70. The first kappa shape index (κ1) is 9.56. The van der Waals surface area contributed by atoms with Crippen LogP contribution in [0, 0.1) is 0 Å². The zero-order chi connectivity index (χ0) is 5.15. The maximum atomic E-state index is 10.6. The molecule has 44 valence electrons. The van der Waals surface area contributed by atoms with E-state index in [1.54, 1.807) is 0 Å². The molecular formula is C2H4F2O3. The van der Waals surface area contributed by atoms with E-state index in [1.807, 2.05) is 0 Å². The summed E-state index contributed by atoms with van der Waals surface area (Å²) in [5.41, 5.74) is 0. The van der Waals surface area contributed by atoms with Gasteiger partial charge in [0.15, 0.2) is 0 Å². The maximum Gasteiger partial charge on any atom is 0.371 e. The number of hydrogen-bond donors (Lipinski definition) is 1. The molecule has 0 radical (unpaired) electrons. The van der Waals surface area contributed by atoms with Gasteiger partial charge in [-0.3, -0.25) is 0 Å². The highest BCUT2D eigenvalue weighted by Gasteiger charge is 2.10. The monoisotopic (exact) mass is 114 g/mol. The number of halogens is 2.